The summed E-state index contributed by atoms with van der Waals surface area (Å²) in [4.78, 5) is -0.0586. The molecule has 0 radical (unpaired) electrons. The summed E-state index contributed by atoms with van der Waals surface area (Å²) in [6.07, 6.45) is 0. The van der Waals surface area contributed by atoms with Crippen LogP contribution < -0.4 is 10.5 Å². The van der Waals surface area contributed by atoms with Crippen LogP contribution in [0.4, 0.5) is 11.4 Å². The number of benzene rings is 2. The molecule has 0 aliphatic heterocycles. The molecule has 0 unspecified atom stereocenters. The summed E-state index contributed by atoms with van der Waals surface area (Å²) < 4.78 is 28.3. The number of nitrogens with one attached hydrogen (secondary N) is 1. The van der Waals surface area contributed by atoms with E-state index in [9.17, 15) is 8.42 Å². The highest BCUT2D eigenvalue weighted by Gasteiger charge is 2.22. The molecule has 0 atom stereocenters. The summed E-state index contributed by atoms with van der Waals surface area (Å²) in [5, 5.41) is 0.602. The number of halogens is 4. The molecule has 2 aromatic rings. The van der Waals surface area contributed by atoms with Gasteiger partial charge in [-0.1, -0.05) is 39.1 Å². The van der Waals surface area contributed by atoms with Gasteiger partial charge in [0.2, 0.25) is 0 Å². The zero-order valence-electron chi connectivity index (χ0n) is 10.2. The largest absolute Gasteiger partial charge is 0.398 e. The molecule has 0 amide bonds. The molecule has 0 saturated carbocycles. The van der Waals surface area contributed by atoms with Gasteiger partial charge in [-0.15, -0.1) is 0 Å². The quantitative estimate of drug-likeness (QED) is 0.621. The molecule has 2 rings (SSSR count). The van der Waals surface area contributed by atoms with Gasteiger partial charge in [-0.3, -0.25) is 4.72 Å². The van der Waals surface area contributed by atoms with Crippen molar-refractivity contribution in [3.05, 3.63) is 49.3 Å². The van der Waals surface area contributed by atoms with Crippen molar-refractivity contribution < 1.29 is 8.42 Å². The lowest BCUT2D eigenvalue weighted by molar-refractivity contribution is 0.601. The van der Waals surface area contributed by atoms with Gasteiger partial charge >= 0.3 is 0 Å². The Kier molecular flexibility index (Phi) is 5.10. The normalized spacial score (nSPS) is 11.4. The highest BCUT2D eigenvalue weighted by Crippen LogP contribution is 2.34. The van der Waals surface area contributed by atoms with Gasteiger partial charge in [-0.05, 0) is 46.3 Å². The number of nitrogen functional groups attached to an aromatic ring is 1. The number of anilines is 2. The molecule has 0 spiro atoms. The molecular weight excluding hydrogens is 467 g/mol. The van der Waals surface area contributed by atoms with Crippen molar-refractivity contribution in [1.29, 1.82) is 0 Å². The van der Waals surface area contributed by atoms with Crippen molar-refractivity contribution in [1.82, 2.24) is 0 Å². The second kappa shape index (κ2) is 6.34. The number of hydrogen-bond acceptors (Lipinski definition) is 3. The van der Waals surface area contributed by atoms with E-state index >= 15 is 0 Å². The molecule has 112 valence electrons. The van der Waals surface area contributed by atoms with Crippen molar-refractivity contribution in [2.24, 2.45) is 0 Å². The zero-order valence-corrected chi connectivity index (χ0v) is 15.7. The minimum atomic E-state index is -3.90. The Morgan fingerprint density at radius 3 is 2.33 bits per heavy atom. The minimum absolute atomic E-state index is 0.0586. The molecule has 0 bridgehead atoms. The van der Waals surface area contributed by atoms with Gasteiger partial charge in [0.25, 0.3) is 10.0 Å². The number of nitrogens with two attached hydrogens (primary N) is 1. The first-order valence-corrected chi connectivity index (χ1v) is 9.25. The minimum Gasteiger partial charge on any atom is -0.398 e. The summed E-state index contributed by atoms with van der Waals surface area (Å²) in [5.74, 6) is 0. The van der Waals surface area contributed by atoms with Crippen molar-refractivity contribution in [2.45, 2.75) is 4.90 Å². The Balaban J connectivity index is 2.48. The highest BCUT2D eigenvalue weighted by molar-refractivity contribution is 9.11. The van der Waals surface area contributed by atoms with E-state index in [0.29, 0.717) is 14.0 Å². The van der Waals surface area contributed by atoms with Crippen LogP contribution in [0.1, 0.15) is 0 Å². The Morgan fingerprint density at radius 1 is 1.10 bits per heavy atom. The van der Waals surface area contributed by atoms with Gasteiger partial charge in [-0.2, -0.15) is 0 Å². The van der Waals surface area contributed by atoms with Gasteiger partial charge in [0.1, 0.15) is 4.90 Å². The van der Waals surface area contributed by atoms with E-state index in [0.717, 1.165) is 0 Å². The van der Waals surface area contributed by atoms with Gasteiger partial charge in [0.05, 0.1) is 16.4 Å². The highest BCUT2D eigenvalue weighted by atomic mass is 79.9. The zero-order chi connectivity index (χ0) is 15.8. The van der Waals surface area contributed by atoms with Gasteiger partial charge in [0, 0.05) is 14.0 Å². The molecule has 0 aromatic heterocycles. The maximum atomic E-state index is 12.5. The number of hydrogen-bond donors (Lipinski definition) is 2. The Bertz CT molecular complexity index is 790. The lowest BCUT2D eigenvalue weighted by atomic mass is 10.3. The fraction of sp³-hybridized carbons (Fsp3) is 0. The molecule has 0 saturated heterocycles. The molecule has 0 heterocycles. The monoisotopic (exact) mass is 472 g/mol. The summed E-state index contributed by atoms with van der Waals surface area (Å²) in [5.41, 5.74) is 6.11. The molecule has 4 nitrogen and oxygen atoms in total. The predicted octanol–water partition coefficient (Wildman–Crippen LogP) is 4.90. The Morgan fingerprint density at radius 2 is 1.76 bits per heavy atom. The molecule has 9 heteroatoms. The van der Waals surface area contributed by atoms with E-state index in [2.05, 4.69) is 36.6 Å². The summed E-state index contributed by atoms with van der Waals surface area (Å²) in [6.45, 7) is 0. The second-order valence-corrected chi connectivity index (χ2v) is 8.27. The smallest absolute Gasteiger partial charge is 0.265 e. The maximum absolute atomic E-state index is 12.5. The van der Waals surface area contributed by atoms with Crippen molar-refractivity contribution >= 4 is 76.5 Å². The first-order chi connectivity index (χ1) is 9.70. The van der Waals surface area contributed by atoms with Crippen LogP contribution in [-0.2, 0) is 10.0 Å². The van der Waals surface area contributed by atoms with Crippen LogP contribution in [0.15, 0.2) is 44.2 Å². The van der Waals surface area contributed by atoms with E-state index in [4.69, 9.17) is 28.9 Å². The van der Waals surface area contributed by atoms with Crippen LogP contribution in [0, 0.1) is 0 Å². The van der Waals surface area contributed by atoms with Crippen LogP contribution in [0.2, 0.25) is 10.0 Å². The van der Waals surface area contributed by atoms with Crippen molar-refractivity contribution in [3.8, 4) is 0 Å². The van der Waals surface area contributed by atoms with Crippen molar-refractivity contribution in [2.75, 3.05) is 10.5 Å². The fourth-order valence-electron chi connectivity index (χ4n) is 1.63. The van der Waals surface area contributed by atoms with Crippen LogP contribution in [0.5, 0.6) is 0 Å². The Labute approximate surface area is 148 Å². The molecule has 0 aliphatic rings. The average Bonchev–Trinajstić information content (AvgIpc) is 2.30. The van der Waals surface area contributed by atoms with Crippen LogP contribution in [0.3, 0.4) is 0 Å². The third-order valence-electron chi connectivity index (χ3n) is 2.48. The summed E-state index contributed by atoms with van der Waals surface area (Å²) >= 11 is 18.2. The van der Waals surface area contributed by atoms with Gasteiger partial charge in [0.15, 0.2) is 0 Å². The summed E-state index contributed by atoms with van der Waals surface area (Å²) in [6, 6.07) is 7.55. The SMILES string of the molecule is Nc1cc(Br)cc(Br)c1S(=O)(=O)Nc1ccc(Cl)cc1Cl. The number of rotatable bonds is 3. The summed E-state index contributed by atoms with van der Waals surface area (Å²) in [7, 11) is -3.90. The van der Waals surface area contributed by atoms with E-state index < -0.39 is 10.0 Å². The van der Waals surface area contributed by atoms with Crippen LogP contribution in [0.25, 0.3) is 0 Å². The Hall–Kier alpha value is -0.470. The topological polar surface area (TPSA) is 72.2 Å². The van der Waals surface area contributed by atoms with Gasteiger partial charge < -0.3 is 5.73 Å². The third-order valence-corrected chi connectivity index (χ3v) is 5.86. The first kappa shape index (κ1) is 16.9. The second-order valence-electron chi connectivity index (χ2n) is 4.04. The lowest BCUT2D eigenvalue weighted by Gasteiger charge is -2.13. The lowest BCUT2D eigenvalue weighted by Crippen LogP contribution is -2.15. The molecular formula is C12H8Br2Cl2N2O2S. The van der Waals surface area contributed by atoms with E-state index in [1.807, 2.05) is 0 Å². The average molecular weight is 475 g/mol. The third kappa shape index (κ3) is 3.84. The molecule has 0 aliphatic carbocycles. The van der Waals surface area contributed by atoms with E-state index in [1.54, 1.807) is 6.07 Å². The standard InChI is InChI=1S/C12H8Br2Cl2N2O2S/c13-6-3-8(14)12(10(17)4-6)21(19,20)18-11-2-1-7(15)5-9(11)16/h1-5,18H,17H2. The van der Waals surface area contributed by atoms with Crippen LogP contribution in [-0.4, -0.2) is 8.42 Å². The predicted molar refractivity (Wildman–Crippen MR) is 93.5 cm³/mol. The molecule has 21 heavy (non-hydrogen) atoms. The molecule has 3 N–H and O–H groups in total. The maximum Gasteiger partial charge on any atom is 0.265 e. The molecule has 0 fully saturated rings. The van der Waals surface area contributed by atoms with Crippen LogP contribution >= 0.6 is 55.1 Å². The molecule has 2 aromatic carbocycles. The fourth-order valence-corrected chi connectivity index (χ4v) is 5.30. The van der Waals surface area contributed by atoms with E-state index in [1.165, 1.54) is 24.3 Å². The van der Waals surface area contributed by atoms with Crippen molar-refractivity contribution in [3.63, 3.8) is 0 Å². The van der Waals surface area contributed by atoms with E-state index in [-0.39, 0.29) is 21.3 Å². The number of sulfonamides is 1. The first-order valence-electron chi connectivity index (χ1n) is 5.43. The van der Waals surface area contributed by atoms with Gasteiger partial charge in [-0.25, -0.2) is 8.42 Å².